The van der Waals surface area contributed by atoms with Gasteiger partial charge in [-0.25, -0.2) is 0 Å². The molecule has 0 spiro atoms. The second-order valence-electron chi connectivity index (χ2n) is 6.81. The van der Waals surface area contributed by atoms with Crippen LogP contribution in [0.2, 0.25) is 5.02 Å². The number of carbonyl (C=O) groups is 2. The molecule has 2 aromatic carbocycles. The van der Waals surface area contributed by atoms with E-state index in [-0.39, 0.29) is 10.6 Å². The van der Waals surface area contributed by atoms with Crippen LogP contribution < -0.4 is 29.8 Å². The molecule has 0 bridgehead atoms. The summed E-state index contributed by atoms with van der Waals surface area (Å²) in [4.78, 5) is 25.0. The van der Waals surface area contributed by atoms with Crippen LogP contribution in [0.1, 0.15) is 53.8 Å². The number of rotatable bonds is 11. The lowest BCUT2D eigenvalue weighted by molar-refractivity contribution is 0.0846. The number of hydrogen-bond donors (Lipinski definition) is 2. The Morgan fingerprint density at radius 3 is 2.09 bits per heavy atom. The van der Waals surface area contributed by atoms with Gasteiger partial charge in [0.05, 0.1) is 32.5 Å². The van der Waals surface area contributed by atoms with Gasteiger partial charge < -0.3 is 18.9 Å². The van der Waals surface area contributed by atoms with Gasteiger partial charge in [0.2, 0.25) is 0 Å². The zero-order valence-electron chi connectivity index (χ0n) is 18.7. The Kier molecular flexibility index (Phi) is 9.94. The fraction of sp³-hybridized carbons (Fsp3) is 0.391. The van der Waals surface area contributed by atoms with Gasteiger partial charge in [-0.15, -0.1) is 0 Å². The van der Waals surface area contributed by atoms with Crippen molar-refractivity contribution in [2.24, 2.45) is 0 Å². The fourth-order valence-electron chi connectivity index (χ4n) is 2.71. The molecule has 0 saturated heterocycles. The van der Waals surface area contributed by atoms with E-state index in [1.165, 1.54) is 26.4 Å². The van der Waals surface area contributed by atoms with Crippen LogP contribution in [0.15, 0.2) is 30.3 Å². The van der Waals surface area contributed by atoms with Crippen LogP contribution in [0.3, 0.4) is 0 Å². The number of benzene rings is 2. The SMILES string of the molecule is CCCCOc1ccc(C(=O)NNC(=O)c2cc(Cl)c(OCCC)c(OC)c2)cc1OC. The van der Waals surface area contributed by atoms with Gasteiger partial charge in [0.25, 0.3) is 11.8 Å². The third-order valence-electron chi connectivity index (χ3n) is 4.41. The number of halogens is 1. The van der Waals surface area contributed by atoms with Gasteiger partial charge >= 0.3 is 0 Å². The predicted molar refractivity (Wildman–Crippen MR) is 122 cm³/mol. The summed E-state index contributed by atoms with van der Waals surface area (Å²) in [5, 5.41) is 0.234. The number of hydrogen-bond acceptors (Lipinski definition) is 6. The topological polar surface area (TPSA) is 95.1 Å². The van der Waals surface area contributed by atoms with Crippen molar-refractivity contribution in [2.45, 2.75) is 33.1 Å². The van der Waals surface area contributed by atoms with Gasteiger partial charge in [0.15, 0.2) is 23.0 Å². The van der Waals surface area contributed by atoms with E-state index >= 15 is 0 Å². The fourth-order valence-corrected chi connectivity index (χ4v) is 2.97. The zero-order valence-corrected chi connectivity index (χ0v) is 19.5. The van der Waals surface area contributed by atoms with Gasteiger partial charge in [-0.1, -0.05) is 31.9 Å². The Bertz CT molecular complexity index is 935. The number of hydrazine groups is 1. The third kappa shape index (κ3) is 6.68. The van der Waals surface area contributed by atoms with Crippen LogP contribution in [0, 0.1) is 0 Å². The molecule has 32 heavy (non-hydrogen) atoms. The molecule has 2 rings (SSSR count). The van der Waals surface area contributed by atoms with Crippen LogP contribution in [-0.4, -0.2) is 39.2 Å². The van der Waals surface area contributed by atoms with Crippen molar-refractivity contribution >= 4 is 23.4 Å². The first-order valence-corrected chi connectivity index (χ1v) is 10.7. The zero-order chi connectivity index (χ0) is 23.5. The molecule has 2 N–H and O–H groups in total. The monoisotopic (exact) mass is 464 g/mol. The average Bonchev–Trinajstić information content (AvgIpc) is 2.81. The van der Waals surface area contributed by atoms with E-state index < -0.39 is 11.8 Å². The number of amides is 2. The third-order valence-corrected chi connectivity index (χ3v) is 4.69. The van der Waals surface area contributed by atoms with E-state index in [1.807, 2.05) is 6.92 Å². The van der Waals surface area contributed by atoms with Crippen LogP contribution in [0.25, 0.3) is 0 Å². The lowest BCUT2D eigenvalue weighted by atomic mass is 10.2. The molecule has 0 heterocycles. The minimum absolute atomic E-state index is 0.202. The number of methoxy groups -OCH3 is 2. The second-order valence-corrected chi connectivity index (χ2v) is 7.22. The molecule has 0 saturated carbocycles. The molecular formula is C23H29ClN2O6. The Hall–Kier alpha value is -3.13. The van der Waals surface area contributed by atoms with Crippen molar-refractivity contribution < 1.29 is 28.5 Å². The van der Waals surface area contributed by atoms with Crippen LogP contribution >= 0.6 is 11.6 Å². The van der Waals surface area contributed by atoms with Gasteiger partial charge in [0.1, 0.15) is 0 Å². The molecule has 0 aromatic heterocycles. The Morgan fingerprint density at radius 2 is 1.47 bits per heavy atom. The van der Waals surface area contributed by atoms with E-state index in [0.717, 1.165) is 19.3 Å². The van der Waals surface area contributed by atoms with Gasteiger partial charge in [-0.3, -0.25) is 20.4 Å². The molecule has 0 fully saturated rings. The number of unbranched alkanes of at least 4 members (excludes halogenated alkanes) is 1. The van der Waals surface area contributed by atoms with Crippen LogP contribution in [0.4, 0.5) is 0 Å². The molecule has 8 nitrogen and oxygen atoms in total. The Labute approximate surface area is 193 Å². The Balaban J connectivity index is 2.06. The summed E-state index contributed by atoms with van der Waals surface area (Å²) < 4.78 is 21.8. The van der Waals surface area contributed by atoms with Crippen molar-refractivity contribution in [3.63, 3.8) is 0 Å². The highest BCUT2D eigenvalue weighted by atomic mass is 35.5. The van der Waals surface area contributed by atoms with Crippen molar-refractivity contribution in [1.29, 1.82) is 0 Å². The first-order valence-electron chi connectivity index (χ1n) is 10.4. The molecule has 9 heteroatoms. The molecule has 0 unspecified atom stereocenters. The molecule has 0 radical (unpaired) electrons. The summed E-state index contributed by atoms with van der Waals surface area (Å²) in [7, 11) is 2.95. The molecule has 0 atom stereocenters. The maximum atomic E-state index is 12.5. The highest BCUT2D eigenvalue weighted by Gasteiger charge is 2.17. The normalized spacial score (nSPS) is 10.3. The molecule has 0 aliphatic rings. The van der Waals surface area contributed by atoms with Gasteiger partial charge in [-0.05, 0) is 43.2 Å². The van der Waals surface area contributed by atoms with Crippen molar-refractivity contribution in [2.75, 3.05) is 27.4 Å². The highest BCUT2D eigenvalue weighted by Crippen LogP contribution is 2.36. The van der Waals surface area contributed by atoms with Gasteiger partial charge in [0, 0.05) is 11.1 Å². The summed E-state index contributed by atoms with van der Waals surface area (Å²) in [5.41, 5.74) is 5.24. The minimum Gasteiger partial charge on any atom is -0.493 e. The number of ether oxygens (including phenoxy) is 4. The molecule has 174 valence electrons. The number of carbonyl (C=O) groups excluding carboxylic acids is 2. The quantitative estimate of drug-likeness (QED) is 0.378. The van der Waals surface area contributed by atoms with E-state index in [2.05, 4.69) is 17.8 Å². The maximum Gasteiger partial charge on any atom is 0.269 e. The maximum absolute atomic E-state index is 12.5. The standard InChI is InChI=1S/C23H29ClN2O6/c1-5-7-11-31-18-9-8-15(13-19(18)29-3)22(27)25-26-23(28)16-12-17(24)21(32-10-6-2)20(14-16)30-4/h8-9,12-14H,5-7,10-11H2,1-4H3,(H,25,27)(H,26,28). The summed E-state index contributed by atoms with van der Waals surface area (Å²) in [6, 6.07) is 7.73. The first-order chi connectivity index (χ1) is 15.4. The highest BCUT2D eigenvalue weighted by molar-refractivity contribution is 6.32. The van der Waals surface area contributed by atoms with E-state index in [9.17, 15) is 9.59 Å². The summed E-state index contributed by atoms with van der Waals surface area (Å²) >= 11 is 6.25. The first kappa shape index (κ1) is 25.1. The summed E-state index contributed by atoms with van der Waals surface area (Å²) in [6.07, 6.45) is 2.72. The largest absolute Gasteiger partial charge is 0.493 e. The number of nitrogens with one attached hydrogen (secondary N) is 2. The molecule has 0 aliphatic carbocycles. The second kappa shape index (κ2) is 12.7. The van der Waals surface area contributed by atoms with E-state index in [1.54, 1.807) is 18.2 Å². The minimum atomic E-state index is -0.563. The van der Waals surface area contributed by atoms with Crippen LogP contribution in [-0.2, 0) is 0 Å². The summed E-state index contributed by atoms with van der Waals surface area (Å²) in [5.74, 6) is 0.591. The molecule has 0 aliphatic heterocycles. The van der Waals surface area contributed by atoms with Crippen molar-refractivity contribution in [3.05, 3.63) is 46.5 Å². The molecule has 2 amide bonds. The van der Waals surface area contributed by atoms with Crippen molar-refractivity contribution in [3.8, 4) is 23.0 Å². The summed E-state index contributed by atoms with van der Waals surface area (Å²) in [6.45, 7) is 5.06. The molecular weight excluding hydrogens is 436 g/mol. The van der Waals surface area contributed by atoms with Gasteiger partial charge in [-0.2, -0.15) is 0 Å². The van der Waals surface area contributed by atoms with E-state index in [4.69, 9.17) is 30.5 Å². The van der Waals surface area contributed by atoms with E-state index in [0.29, 0.717) is 41.8 Å². The lowest BCUT2D eigenvalue weighted by Crippen LogP contribution is -2.41. The predicted octanol–water partition coefficient (Wildman–Crippen LogP) is 4.40. The Morgan fingerprint density at radius 1 is 0.812 bits per heavy atom. The van der Waals surface area contributed by atoms with Crippen LogP contribution in [0.5, 0.6) is 23.0 Å². The lowest BCUT2D eigenvalue weighted by Gasteiger charge is -2.14. The average molecular weight is 465 g/mol. The molecule has 2 aromatic rings. The van der Waals surface area contributed by atoms with Crippen molar-refractivity contribution in [1.82, 2.24) is 10.9 Å². The smallest absolute Gasteiger partial charge is 0.269 e.